The maximum atomic E-state index is 13.5. The summed E-state index contributed by atoms with van der Waals surface area (Å²) in [6, 6.07) is 0. The zero-order valence-electron chi connectivity index (χ0n) is 47.1. The second-order valence-electron chi connectivity index (χ2n) is 20.6. The number of ether oxygens (including phenoxy) is 4. The van der Waals surface area contributed by atoms with E-state index in [2.05, 4.69) is 86.8 Å². The van der Waals surface area contributed by atoms with Gasteiger partial charge in [-0.15, -0.1) is 0 Å². The minimum atomic E-state index is -2.09. The number of carbonyl (C=O) groups excluding carboxylic acids is 4. The Morgan fingerprint density at radius 2 is 0.676 bits per heavy atom. The standard InChI is InChI=1S/C59H112N4O8/c1-7-9-11-13-15-17-19-21-23-25-27-29-31-33-37-43-57(66)70-59(53-68-55(64)45-49-60-47-39-35-41-51-62(3)4,54-69-56(65)46-50-61-48-40-36-42-52-63(5)6)71-58(67)44-38-34-32-30-28-26-24-22-20-18-16-14-12-10-8-2/h21-24,60-61H,7-20,25-54H2,1-6H3/b23-21+,24-22+. The van der Waals surface area contributed by atoms with Gasteiger partial charge in [0.05, 0.1) is 12.8 Å². The molecule has 416 valence electrons. The predicted molar refractivity (Wildman–Crippen MR) is 296 cm³/mol. The van der Waals surface area contributed by atoms with Crippen molar-refractivity contribution in [1.29, 1.82) is 0 Å². The molecule has 2 N–H and O–H groups in total. The van der Waals surface area contributed by atoms with Crippen LogP contribution in [0.1, 0.15) is 245 Å². The molecule has 0 aliphatic rings. The fraction of sp³-hybridized carbons (Fsp3) is 0.864. The highest BCUT2D eigenvalue weighted by Gasteiger charge is 2.42. The third-order valence-corrected chi connectivity index (χ3v) is 12.7. The topological polar surface area (TPSA) is 136 Å². The molecule has 0 aliphatic carbocycles. The highest BCUT2D eigenvalue weighted by molar-refractivity contribution is 5.73. The van der Waals surface area contributed by atoms with Gasteiger partial charge in [0.1, 0.15) is 0 Å². The number of carbonyl (C=O) groups is 4. The molecule has 71 heavy (non-hydrogen) atoms. The Hall–Kier alpha value is -2.80. The van der Waals surface area contributed by atoms with Gasteiger partial charge >= 0.3 is 29.7 Å². The monoisotopic (exact) mass is 1000 g/mol. The number of hydrogen-bond donors (Lipinski definition) is 2. The number of esters is 4. The first kappa shape index (κ1) is 68.2. The van der Waals surface area contributed by atoms with E-state index in [9.17, 15) is 19.2 Å². The summed E-state index contributed by atoms with van der Waals surface area (Å²) < 4.78 is 23.3. The lowest BCUT2D eigenvalue weighted by Crippen LogP contribution is -2.49. The van der Waals surface area contributed by atoms with Gasteiger partial charge < -0.3 is 39.4 Å². The van der Waals surface area contributed by atoms with Gasteiger partial charge in [-0.25, -0.2) is 0 Å². The molecule has 0 aromatic carbocycles. The van der Waals surface area contributed by atoms with E-state index in [0.717, 1.165) is 142 Å². The molecule has 0 atom stereocenters. The van der Waals surface area contributed by atoms with E-state index in [0.29, 0.717) is 25.9 Å². The molecule has 0 aromatic heterocycles. The largest absolute Gasteiger partial charge is 0.457 e. The molecule has 12 heteroatoms. The summed E-state index contributed by atoms with van der Waals surface area (Å²) in [7, 11) is 8.27. The maximum absolute atomic E-state index is 13.5. The Bertz CT molecular complexity index is 1200. The van der Waals surface area contributed by atoms with Crippen molar-refractivity contribution in [1.82, 2.24) is 20.4 Å². The Kier molecular flexibility index (Phi) is 50.0. The molecule has 12 nitrogen and oxygen atoms in total. The lowest BCUT2D eigenvalue weighted by molar-refractivity contribution is -0.259. The number of rotatable bonds is 54. The maximum Gasteiger partial charge on any atom is 0.325 e. The van der Waals surface area contributed by atoms with Crippen LogP contribution in [0.3, 0.4) is 0 Å². The van der Waals surface area contributed by atoms with E-state index < -0.39 is 42.9 Å². The van der Waals surface area contributed by atoms with Crippen molar-refractivity contribution in [2.75, 3.05) is 80.7 Å². The van der Waals surface area contributed by atoms with Gasteiger partial charge in [-0.05, 0) is 144 Å². The van der Waals surface area contributed by atoms with Gasteiger partial charge in [0.25, 0.3) is 0 Å². The van der Waals surface area contributed by atoms with Crippen LogP contribution in [-0.2, 0) is 38.1 Å². The first-order chi connectivity index (χ1) is 34.5. The summed E-state index contributed by atoms with van der Waals surface area (Å²) in [5.74, 6) is -4.33. The van der Waals surface area contributed by atoms with Crippen LogP contribution in [0.25, 0.3) is 0 Å². The minimum Gasteiger partial charge on any atom is -0.457 e. The van der Waals surface area contributed by atoms with E-state index in [-0.39, 0.29) is 25.7 Å². The van der Waals surface area contributed by atoms with Crippen molar-refractivity contribution in [3.8, 4) is 0 Å². The average molecular weight is 1010 g/mol. The number of unbranched alkanes of at least 4 members (excludes halogenated alkanes) is 26. The molecule has 0 aromatic rings. The molecule has 0 bridgehead atoms. The predicted octanol–water partition coefficient (Wildman–Crippen LogP) is 13.4. The van der Waals surface area contributed by atoms with E-state index in [1.165, 1.54) is 77.0 Å². The minimum absolute atomic E-state index is 0.0834. The van der Waals surface area contributed by atoms with E-state index in [1.54, 1.807) is 0 Å². The van der Waals surface area contributed by atoms with Gasteiger partial charge in [0.15, 0.2) is 13.2 Å². The molecule has 0 radical (unpaired) electrons. The summed E-state index contributed by atoms with van der Waals surface area (Å²) in [5.41, 5.74) is 0. The average Bonchev–Trinajstić information content (AvgIpc) is 3.34. The van der Waals surface area contributed by atoms with Crippen LogP contribution in [0.15, 0.2) is 24.3 Å². The van der Waals surface area contributed by atoms with Gasteiger partial charge in [-0.2, -0.15) is 0 Å². The van der Waals surface area contributed by atoms with Crippen LogP contribution in [-0.4, -0.2) is 120 Å². The number of nitrogens with zero attached hydrogens (tertiary/aromatic N) is 2. The fourth-order valence-corrected chi connectivity index (χ4v) is 8.24. The Balaban J connectivity index is 5.47. The van der Waals surface area contributed by atoms with Crippen molar-refractivity contribution >= 4 is 23.9 Å². The van der Waals surface area contributed by atoms with Crippen molar-refractivity contribution in [2.24, 2.45) is 0 Å². The van der Waals surface area contributed by atoms with Gasteiger partial charge in [0, 0.05) is 25.9 Å². The molecule has 0 saturated heterocycles. The van der Waals surface area contributed by atoms with E-state index in [1.807, 2.05) is 0 Å². The van der Waals surface area contributed by atoms with Crippen molar-refractivity contribution in [3.05, 3.63) is 24.3 Å². The van der Waals surface area contributed by atoms with Crippen molar-refractivity contribution in [2.45, 2.75) is 251 Å². The van der Waals surface area contributed by atoms with Crippen LogP contribution in [0.2, 0.25) is 0 Å². The van der Waals surface area contributed by atoms with Crippen LogP contribution in [0.5, 0.6) is 0 Å². The lowest BCUT2D eigenvalue weighted by Gasteiger charge is -2.32. The summed E-state index contributed by atoms with van der Waals surface area (Å²) in [6.45, 7) is 7.87. The molecular formula is C59H112N4O8. The summed E-state index contributed by atoms with van der Waals surface area (Å²) in [6.07, 6.45) is 45.6. The zero-order chi connectivity index (χ0) is 52.1. The number of nitrogens with one attached hydrogen (secondary N) is 2. The normalized spacial score (nSPS) is 11.9. The molecule has 0 aliphatic heterocycles. The molecule has 0 spiro atoms. The highest BCUT2D eigenvalue weighted by Crippen LogP contribution is 2.22. The molecular weight excluding hydrogens is 893 g/mol. The molecule has 0 fully saturated rings. The molecule has 0 saturated carbocycles. The summed E-state index contributed by atoms with van der Waals surface area (Å²) >= 11 is 0. The number of allylic oxidation sites excluding steroid dienone is 4. The van der Waals surface area contributed by atoms with Gasteiger partial charge in [0.2, 0.25) is 0 Å². The van der Waals surface area contributed by atoms with Crippen LogP contribution >= 0.6 is 0 Å². The van der Waals surface area contributed by atoms with Crippen molar-refractivity contribution < 1.29 is 38.1 Å². The smallest absolute Gasteiger partial charge is 0.325 e. The summed E-state index contributed by atoms with van der Waals surface area (Å²) in [4.78, 5) is 57.6. The van der Waals surface area contributed by atoms with E-state index in [4.69, 9.17) is 18.9 Å². The lowest BCUT2D eigenvalue weighted by atomic mass is 10.1. The van der Waals surface area contributed by atoms with Crippen LogP contribution in [0.4, 0.5) is 0 Å². The fourth-order valence-electron chi connectivity index (χ4n) is 8.24. The SMILES string of the molecule is CCCCCCCC/C=C/CCCCCCCC(=O)OC(COC(=O)CCNCCCCCN(C)C)(COC(=O)CCNCCCCCN(C)C)OC(=O)CCCCCCC/C=C/CCCCCCCC. The Morgan fingerprint density at radius 3 is 1.01 bits per heavy atom. The van der Waals surface area contributed by atoms with Crippen LogP contribution in [0, 0.1) is 0 Å². The second kappa shape index (κ2) is 52.1. The highest BCUT2D eigenvalue weighted by atomic mass is 16.8. The zero-order valence-corrected chi connectivity index (χ0v) is 47.1. The number of hydrogen-bond acceptors (Lipinski definition) is 12. The second-order valence-corrected chi connectivity index (χ2v) is 20.6. The quantitative estimate of drug-likeness (QED) is 0.0197. The third kappa shape index (κ3) is 50.5. The first-order valence-electron chi connectivity index (χ1n) is 29.3. The van der Waals surface area contributed by atoms with Crippen LogP contribution < -0.4 is 10.6 Å². The third-order valence-electron chi connectivity index (χ3n) is 12.7. The molecule has 0 rings (SSSR count). The Labute approximate surface area is 436 Å². The molecule has 0 amide bonds. The first-order valence-corrected chi connectivity index (χ1v) is 29.3. The Morgan fingerprint density at radius 1 is 0.366 bits per heavy atom. The molecule has 0 heterocycles. The summed E-state index contributed by atoms with van der Waals surface area (Å²) in [5, 5.41) is 6.61. The van der Waals surface area contributed by atoms with Gasteiger partial charge in [-0.3, -0.25) is 19.2 Å². The van der Waals surface area contributed by atoms with Crippen molar-refractivity contribution in [3.63, 3.8) is 0 Å². The van der Waals surface area contributed by atoms with E-state index >= 15 is 0 Å². The van der Waals surface area contributed by atoms with Gasteiger partial charge in [-0.1, -0.05) is 154 Å². The molecule has 0 unspecified atom stereocenters.